The number of carbonyl (C=O) groups is 1. The van der Waals surface area contributed by atoms with E-state index in [0.29, 0.717) is 12.5 Å². The zero-order chi connectivity index (χ0) is 13.1. The topological polar surface area (TPSA) is 64.8 Å². The van der Waals surface area contributed by atoms with Crippen LogP contribution in [0.15, 0.2) is 0 Å². The molecule has 1 aliphatic rings. The van der Waals surface area contributed by atoms with Crippen molar-refractivity contribution in [1.29, 1.82) is 0 Å². The van der Waals surface area contributed by atoms with Gasteiger partial charge in [0.15, 0.2) is 0 Å². The molecule has 0 aromatic heterocycles. The Morgan fingerprint density at radius 3 is 2.71 bits per heavy atom. The van der Waals surface area contributed by atoms with E-state index in [2.05, 4.69) is 11.8 Å². The maximum atomic E-state index is 11.5. The fourth-order valence-electron chi connectivity index (χ4n) is 2.31. The molecule has 2 N–H and O–H groups in total. The first-order valence-corrected chi connectivity index (χ1v) is 6.03. The fraction of sp³-hybridized carbons (Fsp3) is 0.917. The summed E-state index contributed by atoms with van der Waals surface area (Å²) in [5.74, 6) is 0.184. The number of nitrogens with two attached hydrogens (primary N) is 1. The SMILES string of the molecule is COC(=O)C(C)(N)CN1CCC(C)C(OC)C1. The molecule has 100 valence electrons. The van der Waals surface area contributed by atoms with Crippen molar-refractivity contribution in [2.45, 2.75) is 31.9 Å². The Kier molecular flexibility index (Phi) is 4.91. The van der Waals surface area contributed by atoms with E-state index in [9.17, 15) is 4.79 Å². The van der Waals surface area contributed by atoms with Crippen LogP contribution in [0.5, 0.6) is 0 Å². The number of rotatable bonds is 4. The van der Waals surface area contributed by atoms with Gasteiger partial charge in [0.2, 0.25) is 0 Å². The number of carbonyl (C=O) groups excluding carboxylic acids is 1. The third-order valence-corrected chi connectivity index (χ3v) is 3.48. The Morgan fingerprint density at radius 1 is 1.53 bits per heavy atom. The molecule has 0 saturated carbocycles. The fourth-order valence-corrected chi connectivity index (χ4v) is 2.31. The van der Waals surface area contributed by atoms with Gasteiger partial charge < -0.3 is 15.2 Å². The number of hydrogen-bond donors (Lipinski definition) is 1. The predicted molar refractivity (Wildman–Crippen MR) is 65.6 cm³/mol. The Hall–Kier alpha value is -0.650. The van der Waals surface area contributed by atoms with Crippen molar-refractivity contribution < 1.29 is 14.3 Å². The smallest absolute Gasteiger partial charge is 0.326 e. The van der Waals surface area contributed by atoms with Gasteiger partial charge in [-0.3, -0.25) is 9.69 Å². The van der Waals surface area contributed by atoms with E-state index in [1.807, 2.05) is 0 Å². The molecule has 0 spiro atoms. The molecule has 1 rings (SSSR count). The lowest BCUT2D eigenvalue weighted by atomic mass is 9.94. The Labute approximate surface area is 103 Å². The van der Waals surface area contributed by atoms with Crippen LogP contribution in [-0.2, 0) is 14.3 Å². The maximum Gasteiger partial charge on any atom is 0.326 e. The van der Waals surface area contributed by atoms with Gasteiger partial charge in [-0.15, -0.1) is 0 Å². The first-order valence-electron chi connectivity index (χ1n) is 6.03. The highest BCUT2D eigenvalue weighted by molar-refractivity contribution is 5.80. The van der Waals surface area contributed by atoms with Gasteiger partial charge in [0, 0.05) is 20.2 Å². The van der Waals surface area contributed by atoms with Crippen LogP contribution < -0.4 is 5.73 Å². The Balaban J connectivity index is 2.55. The van der Waals surface area contributed by atoms with Crippen molar-refractivity contribution in [1.82, 2.24) is 4.90 Å². The lowest BCUT2D eigenvalue weighted by molar-refractivity contribution is -0.147. The number of hydrogen-bond acceptors (Lipinski definition) is 5. The molecule has 1 saturated heterocycles. The van der Waals surface area contributed by atoms with Crippen molar-refractivity contribution in [3.8, 4) is 0 Å². The van der Waals surface area contributed by atoms with E-state index in [1.165, 1.54) is 7.11 Å². The van der Waals surface area contributed by atoms with E-state index in [-0.39, 0.29) is 12.1 Å². The highest BCUT2D eigenvalue weighted by Gasteiger charge is 2.35. The number of ether oxygens (including phenoxy) is 2. The van der Waals surface area contributed by atoms with Crippen LogP contribution in [-0.4, -0.2) is 56.4 Å². The molecule has 0 bridgehead atoms. The van der Waals surface area contributed by atoms with E-state index in [1.54, 1.807) is 14.0 Å². The minimum atomic E-state index is -0.951. The van der Waals surface area contributed by atoms with E-state index in [0.717, 1.165) is 19.5 Å². The summed E-state index contributed by atoms with van der Waals surface area (Å²) in [6.07, 6.45) is 1.28. The van der Waals surface area contributed by atoms with Gasteiger partial charge in [0.1, 0.15) is 5.54 Å². The third kappa shape index (κ3) is 3.66. The summed E-state index contributed by atoms with van der Waals surface area (Å²) in [5, 5.41) is 0. The predicted octanol–water partition coefficient (Wildman–Crippen LogP) is 0.234. The molecule has 0 radical (unpaired) electrons. The largest absolute Gasteiger partial charge is 0.468 e. The van der Waals surface area contributed by atoms with Crippen molar-refractivity contribution in [2.24, 2.45) is 11.7 Å². The summed E-state index contributed by atoms with van der Waals surface area (Å²) in [6.45, 7) is 6.17. The second-order valence-electron chi connectivity index (χ2n) is 5.18. The molecule has 0 aliphatic carbocycles. The lowest BCUT2D eigenvalue weighted by Gasteiger charge is -2.39. The quantitative estimate of drug-likeness (QED) is 0.717. The van der Waals surface area contributed by atoms with Gasteiger partial charge in [0.05, 0.1) is 13.2 Å². The summed E-state index contributed by atoms with van der Waals surface area (Å²) in [6, 6.07) is 0. The van der Waals surface area contributed by atoms with Gasteiger partial charge in [-0.25, -0.2) is 0 Å². The summed E-state index contributed by atoms with van der Waals surface area (Å²) < 4.78 is 10.1. The molecular formula is C12H24N2O3. The minimum absolute atomic E-state index is 0.220. The van der Waals surface area contributed by atoms with Crippen LogP contribution in [0.1, 0.15) is 20.3 Å². The first-order chi connectivity index (χ1) is 7.90. The molecule has 1 aliphatic heterocycles. The molecule has 1 heterocycles. The monoisotopic (exact) mass is 244 g/mol. The average Bonchev–Trinajstić information content (AvgIpc) is 2.30. The van der Waals surface area contributed by atoms with E-state index < -0.39 is 5.54 Å². The lowest BCUT2D eigenvalue weighted by Crippen LogP contribution is -2.57. The van der Waals surface area contributed by atoms with Crippen molar-refractivity contribution in [3.05, 3.63) is 0 Å². The standard InChI is InChI=1S/C12H24N2O3/c1-9-5-6-14(7-10(9)16-3)8-12(2,13)11(15)17-4/h9-10H,5-8,13H2,1-4H3. The van der Waals surface area contributed by atoms with Gasteiger partial charge in [-0.05, 0) is 25.8 Å². The molecular weight excluding hydrogens is 220 g/mol. The Bertz CT molecular complexity index is 268. The average molecular weight is 244 g/mol. The zero-order valence-electron chi connectivity index (χ0n) is 11.2. The molecule has 1 fully saturated rings. The van der Waals surface area contributed by atoms with Gasteiger partial charge >= 0.3 is 5.97 Å². The number of likely N-dealkylation sites (tertiary alicyclic amines) is 1. The molecule has 3 atom stereocenters. The highest BCUT2D eigenvalue weighted by Crippen LogP contribution is 2.20. The highest BCUT2D eigenvalue weighted by atomic mass is 16.5. The second-order valence-corrected chi connectivity index (χ2v) is 5.18. The molecule has 3 unspecified atom stereocenters. The molecule has 5 nitrogen and oxygen atoms in total. The maximum absolute atomic E-state index is 11.5. The number of esters is 1. The van der Waals surface area contributed by atoms with Gasteiger partial charge in [-0.1, -0.05) is 6.92 Å². The van der Waals surface area contributed by atoms with Crippen molar-refractivity contribution >= 4 is 5.97 Å². The van der Waals surface area contributed by atoms with E-state index in [4.69, 9.17) is 15.2 Å². The first kappa shape index (κ1) is 14.4. The van der Waals surface area contributed by atoms with Crippen LogP contribution >= 0.6 is 0 Å². The normalized spacial score (nSPS) is 29.7. The van der Waals surface area contributed by atoms with Gasteiger partial charge in [0.25, 0.3) is 0 Å². The van der Waals surface area contributed by atoms with Crippen LogP contribution in [0, 0.1) is 5.92 Å². The minimum Gasteiger partial charge on any atom is -0.468 e. The van der Waals surface area contributed by atoms with Crippen LogP contribution in [0.4, 0.5) is 0 Å². The molecule has 5 heteroatoms. The summed E-state index contributed by atoms with van der Waals surface area (Å²) in [5.41, 5.74) is 5.02. The van der Waals surface area contributed by atoms with Crippen LogP contribution in [0.2, 0.25) is 0 Å². The summed E-state index contributed by atoms with van der Waals surface area (Å²) >= 11 is 0. The number of methoxy groups -OCH3 is 2. The Morgan fingerprint density at radius 2 is 2.18 bits per heavy atom. The van der Waals surface area contributed by atoms with E-state index >= 15 is 0 Å². The summed E-state index contributed by atoms with van der Waals surface area (Å²) in [4.78, 5) is 13.7. The van der Waals surface area contributed by atoms with Gasteiger partial charge in [-0.2, -0.15) is 0 Å². The van der Waals surface area contributed by atoms with Crippen LogP contribution in [0.3, 0.4) is 0 Å². The number of piperidine rings is 1. The third-order valence-electron chi connectivity index (χ3n) is 3.48. The molecule has 0 aromatic rings. The second kappa shape index (κ2) is 5.80. The van der Waals surface area contributed by atoms with Crippen molar-refractivity contribution in [3.63, 3.8) is 0 Å². The molecule has 17 heavy (non-hydrogen) atoms. The molecule has 0 amide bonds. The van der Waals surface area contributed by atoms with Crippen LogP contribution in [0.25, 0.3) is 0 Å². The van der Waals surface area contributed by atoms with Crippen molar-refractivity contribution in [2.75, 3.05) is 33.9 Å². The molecule has 0 aromatic carbocycles. The summed E-state index contributed by atoms with van der Waals surface area (Å²) in [7, 11) is 3.09. The number of nitrogens with zero attached hydrogens (tertiary/aromatic N) is 1. The zero-order valence-corrected chi connectivity index (χ0v) is 11.2.